The fourth-order valence-electron chi connectivity index (χ4n) is 5.26. The van der Waals surface area contributed by atoms with Crippen LogP contribution in [0.15, 0.2) is 42.6 Å². The summed E-state index contributed by atoms with van der Waals surface area (Å²) in [5, 5.41) is 2.78. The number of rotatable bonds is 3. The Morgan fingerprint density at radius 2 is 1.94 bits per heavy atom. The van der Waals surface area contributed by atoms with Crippen LogP contribution in [0.5, 0.6) is 17.2 Å². The summed E-state index contributed by atoms with van der Waals surface area (Å²) in [5.74, 6) is 3.14. The molecule has 2 aliphatic heterocycles. The number of halogens is 3. The van der Waals surface area contributed by atoms with E-state index in [1.165, 1.54) is 6.07 Å². The molecular formula is C26H19F3N4O3. The molecule has 36 heavy (non-hydrogen) atoms. The van der Waals surface area contributed by atoms with E-state index in [9.17, 15) is 18.0 Å². The lowest BCUT2D eigenvalue weighted by atomic mass is 10.0. The standard InChI is InChI=1S/C26H19F3N4O3/c1-11-8-19-14(10-18(11)35-17-6-7-30-24-13(17)3-5-20(34)33-24)21-22(23(21)36-19)25-31-15-4-2-12(26(27,28)29)9-16(15)32-25/h2,4,6-10,21-23H,3,5H2,1H3,(H,31,32)(H,30,33,34). The maximum Gasteiger partial charge on any atom is 0.416 e. The Morgan fingerprint density at radius 1 is 1.08 bits per heavy atom. The van der Waals surface area contributed by atoms with Crippen molar-refractivity contribution < 1.29 is 27.4 Å². The lowest BCUT2D eigenvalue weighted by Gasteiger charge is -2.20. The number of pyridine rings is 1. The van der Waals surface area contributed by atoms with Crippen molar-refractivity contribution in [3.05, 3.63) is 70.7 Å². The SMILES string of the molecule is Cc1cc2c(cc1Oc1ccnc3c1CCC(=O)N3)C1C(O2)C1c1nc2ccc(C(F)(F)F)cc2[nH]1. The molecule has 2 aromatic carbocycles. The number of fused-ring (bicyclic) bond motifs is 5. The average Bonchev–Trinajstić information content (AvgIpc) is 3.18. The Kier molecular flexibility index (Phi) is 4.26. The number of carbonyl (C=O) groups is 1. The first-order valence-electron chi connectivity index (χ1n) is 11.6. The van der Waals surface area contributed by atoms with E-state index in [0.29, 0.717) is 47.0 Å². The number of nitrogens with one attached hydrogen (secondary N) is 2. The van der Waals surface area contributed by atoms with Gasteiger partial charge in [-0.25, -0.2) is 9.97 Å². The number of alkyl halides is 3. The number of hydrogen-bond donors (Lipinski definition) is 2. The van der Waals surface area contributed by atoms with Crippen molar-refractivity contribution in [2.75, 3.05) is 5.32 Å². The number of hydrogen-bond acceptors (Lipinski definition) is 5. The monoisotopic (exact) mass is 492 g/mol. The second-order valence-electron chi connectivity index (χ2n) is 9.43. The van der Waals surface area contributed by atoms with Gasteiger partial charge in [-0.1, -0.05) is 0 Å². The second-order valence-corrected chi connectivity index (χ2v) is 9.43. The molecule has 7 nitrogen and oxygen atoms in total. The molecule has 3 unspecified atom stereocenters. The van der Waals surface area contributed by atoms with Gasteiger partial charge >= 0.3 is 6.18 Å². The highest BCUT2D eigenvalue weighted by molar-refractivity contribution is 5.93. The van der Waals surface area contributed by atoms with Crippen molar-refractivity contribution in [2.24, 2.45) is 0 Å². The predicted molar refractivity (Wildman–Crippen MR) is 123 cm³/mol. The van der Waals surface area contributed by atoms with Gasteiger partial charge in [-0.15, -0.1) is 0 Å². The van der Waals surface area contributed by atoms with E-state index < -0.39 is 11.7 Å². The fourth-order valence-corrected chi connectivity index (χ4v) is 5.26. The topological polar surface area (TPSA) is 89.1 Å². The summed E-state index contributed by atoms with van der Waals surface area (Å²) in [7, 11) is 0. The maximum absolute atomic E-state index is 13.1. The highest BCUT2D eigenvalue weighted by Gasteiger charge is 2.61. The van der Waals surface area contributed by atoms with E-state index in [4.69, 9.17) is 9.47 Å². The molecule has 10 heteroatoms. The van der Waals surface area contributed by atoms with Crippen molar-refractivity contribution in [2.45, 2.75) is 43.9 Å². The van der Waals surface area contributed by atoms with Crippen molar-refractivity contribution in [1.29, 1.82) is 0 Å². The molecule has 0 spiro atoms. The number of aromatic nitrogens is 3. The zero-order valence-corrected chi connectivity index (χ0v) is 18.9. The van der Waals surface area contributed by atoms with Gasteiger partial charge in [0.2, 0.25) is 5.91 Å². The van der Waals surface area contributed by atoms with Crippen LogP contribution in [0.4, 0.5) is 19.0 Å². The van der Waals surface area contributed by atoms with Gasteiger partial charge in [0.05, 0.1) is 22.5 Å². The summed E-state index contributed by atoms with van der Waals surface area (Å²) in [4.78, 5) is 23.6. The first-order valence-corrected chi connectivity index (χ1v) is 11.6. The van der Waals surface area contributed by atoms with Crippen LogP contribution >= 0.6 is 0 Å². The molecule has 2 N–H and O–H groups in total. The molecular weight excluding hydrogens is 473 g/mol. The number of anilines is 1. The number of imidazole rings is 1. The Labute approximate surface area is 202 Å². The fraction of sp³-hybridized carbons (Fsp3) is 0.269. The number of benzene rings is 2. The molecule has 3 aliphatic rings. The van der Waals surface area contributed by atoms with Crippen LogP contribution in [-0.2, 0) is 17.4 Å². The lowest BCUT2D eigenvalue weighted by Crippen LogP contribution is -2.20. The van der Waals surface area contributed by atoms with Gasteiger partial charge in [-0.3, -0.25) is 4.79 Å². The quantitative estimate of drug-likeness (QED) is 0.389. The van der Waals surface area contributed by atoms with Crippen LogP contribution in [0, 0.1) is 6.92 Å². The van der Waals surface area contributed by atoms with E-state index in [1.807, 2.05) is 19.1 Å². The van der Waals surface area contributed by atoms with Crippen molar-refractivity contribution in [3.8, 4) is 17.2 Å². The Hall–Kier alpha value is -4.08. The van der Waals surface area contributed by atoms with Crippen LogP contribution in [0.25, 0.3) is 11.0 Å². The highest BCUT2D eigenvalue weighted by atomic mass is 19.4. The van der Waals surface area contributed by atoms with Crippen LogP contribution in [-0.4, -0.2) is 27.0 Å². The van der Waals surface area contributed by atoms with E-state index in [0.717, 1.165) is 34.6 Å². The number of amides is 1. The molecule has 4 heterocycles. The maximum atomic E-state index is 13.1. The number of aryl methyl sites for hydroxylation is 1. The lowest BCUT2D eigenvalue weighted by molar-refractivity contribution is -0.137. The summed E-state index contributed by atoms with van der Waals surface area (Å²) in [5.41, 5.74) is 2.88. The third-order valence-corrected chi connectivity index (χ3v) is 7.12. The third-order valence-electron chi connectivity index (χ3n) is 7.12. The normalized spacial score (nSPS) is 21.9. The van der Waals surface area contributed by atoms with Crippen molar-refractivity contribution in [3.63, 3.8) is 0 Å². The molecule has 7 rings (SSSR count). The summed E-state index contributed by atoms with van der Waals surface area (Å²) in [6, 6.07) is 9.21. The van der Waals surface area contributed by atoms with E-state index >= 15 is 0 Å². The molecule has 0 radical (unpaired) electrons. The summed E-state index contributed by atoms with van der Waals surface area (Å²) < 4.78 is 51.7. The molecule has 4 aromatic rings. The van der Waals surface area contributed by atoms with Crippen molar-refractivity contribution >= 4 is 22.8 Å². The first-order chi connectivity index (χ1) is 17.3. The Balaban J connectivity index is 1.18. The summed E-state index contributed by atoms with van der Waals surface area (Å²) in [6.07, 6.45) is -2.01. The minimum atomic E-state index is -4.41. The highest BCUT2D eigenvalue weighted by Crippen LogP contribution is 2.63. The summed E-state index contributed by atoms with van der Waals surface area (Å²) >= 11 is 0. The van der Waals surface area contributed by atoms with Crippen LogP contribution in [0.2, 0.25) is 0 Å². The van der Waals surface area contributed by atoms with Crippen molar-refractivity contribution in [1.82, 2.24) is 15.0 Å². The first kappa shape index (κ1) is 21.2. The molecule has 0 bridgehead atoms. The van der Waals surface area contributed by atoms with Gasteiger partial charge in [0, 0.05) is 29.7 Å². The minimum Gasteiger partial charge on any atom is -0.489 e. The van der Waals surface area contributed by atoms with E-state index in [2.05, 4.69) is 20.3 Å². The number of carbonyl (C=O) groups excluding carboxylic acids is 1. The van der Waals surface area contributed by atoms with Gasteiger partial charge in [0.15, 0.2) is 0 Å². The molecule has 1 amide bonds. The largest absolute Gasteiger partial charge is 0.489 e. The number of aromatic amines is 1. The molecule has 2 aromatic heterocycles. The smallest absolute Gasteiger partial charge is 0.416 e. The third kappa shape index (κ3) is 3.24. The molecule has 0 saturated heterocycles. The van der Waals surface area contributed by atoms with E-state index in [1.54, 1.807) is 12.3 Å². The van der Waals surface area contributed by atoms with Gasteiger partial charge in [-0.05, 0) is 55.3 Å². The number of H-pyrrole nitrogens is 1. The Morgan fingerprint density at radius 3 is 2.78 bits per heavy atom. The Bertz CT molecular complexity index is 1580. The molecule has 182 valence electrons. The van der Waals surface area contributed by atoms with E-state index in [-0.39, 0.29) is 23.8 Å². The van der Waals surface area contributed by atoms with Gasteiger partial charge < -0.3 is 19.8 Å². The number of nitrogens with zero attached hydrogens (tertiary/aromatic N) is 2. The molecule has 1 aliphatic carbocycles. The minimum absolute atomic E-state index is 0.0382. The number of ether oxygens (including phenoxy) is 2. The van der Waals surface area contributed by atoms with Gasteiger partial charge in [0.1, 0.15) is 35.0 Å². The van der Waals surface area contributed by atoms with Crippen LogP contribution in [0.3, 0.4) is 0 Å². The van der Waals surface area contributed by atoms with Gasteiger partial charge in [-0.2, -0.15) is 13.2 Å². The predicted octanol–water partition coefficient (Wildman–Crippen LogP) is 5.60. The van der Waals surface area contributed by atoms with Gasteiger partial charge in [0.25, 0.3) is 0 Å². The zero-order valence-electron chi connectivity index (χ0n) is 18.9. The molecule has 1 fully saturated rings. The zero-order chi connectivity index (χ0) is 24.8. The van der Waals surface area contributed by atoms with Crippen LogP contribution in [0.1, 0.15) is 46.3 Å². The molecule has 1 saturated carbocycles. The summed E-state index contributed by atoms with van der Waals surface area (Å²) in [6.45, 7) is 1.94. The van der Waals surface area contributed by atoms with Crippen LogP contribution < -0.4 is 14.8 Å². The second kappa shape index (κ2) is 7.22. The average molecular weight is 492 g/mol. The molecule has 3 atom stereocenters.